The number of likely N-dealkylation sites (N-methyl/N-ethyl adjacent to an activating group) is 1. The molecular formula is C16H24N2O3. The summed E-state index contributed by atoms with van der Waals surface area (Å²) in [5.74, 6) is 0. The molecule has 3 atom stereocenters. The Morgan fingerprint density at radius 2 is 2.10 bits per heavy atom. The van der Waals surface area contributed by atoms with Crippen LogP contribution in [0.15, 0.2) is 30.3 Å². The number of benzene rings is 1. The van der Waals surface area contributed by atoms with Crippen molar-refractivity contribution in [1.82, 2.24) is 10.6 Å². The van der Waals surface area contributed by atoms with E-state index >= 15 is 0 Å². The SMILES string of the molecule is CN[C@@H]1CC(C)(O)CC[C@@H]1NC(=O)OCc1ccccc1. The minimum absolute atomic E-state index is 0.0153. The van der Waals surface area contributed by atoms with Crippen LogP contribution in [0.5, 0.6) is 0 Å². The van der Waals surface area contributed by atoms with Crippen LogP contribution in [-0.4, -0.2) is 35.9 Å². The van der Waals surface area contributed by atoms with Gasteiger partial charge >= 0.3 is 6.09 Å². The molecule has 1 aliphatic rings. The topological polar surface area (TPSA) is 70.6 Å². The smallest absolute Gasteiger partial charge is 0.407 e. The number of rotatable bonds is 4. The van der Waals surface area contributed by atoms with E-state index in [9.17, 15) is 9.90 Å². The van der Waals surface area contributed by atoms with Gasteiger partial charge < -0.3 is 20.5 Å². The lowest BCUT2D eigenvalue weighted by atomic mass is 9.80. The highest BCUT2D eigenvalue weighted by molar-refractivity contribution is 5.67. The minimum Gasteiger partial charge on any atom is -0.445 e. The number of amides is 1. The van der Waals surface area contributed by atoms with E-state index in [-0.39, 0.29) is 18.7 Å². The second-order valence-electron chi connectivity index (χ2n) is 5.95. The fraction of sp³-hybridized carbons (Fsp3) is 0.562. The Morgan fingerprint density at radius 3 is 2.76 bits per heavy atom. The highest BCUT2D eigenvalue weighted by Crippen LogP contribution is 2.28. The zero-order valence-electron chi connectivity index (χ0n) is 12.6. The van der Waals surface area contributed by atoms with Crippen LogP contribution in [0.3, 0.4) is 0 Å². The van der Waals surface area contributed by atoms with Crippen molar-refractivity contribution in [3.8, 4) is 0 Å². The third-order valence-corrected chi connectivity index (χ3v) is 4.03. The molecule has 2 rings (SSSR count). The van der Waals surface area contributed by atoms with Crippen LogP contribution in [0.1, 0.15) is 31.7 Å². The highest BCUT2D eigenvalue weighted by atomic mass is 16.5. The van der Waals surface area contributed by atoms with Crippen molar-refractivity contribution >= 4 is 6.09 Å². The fourth-order valence-corrected chi connectivity index (χ4v) is 2.78. The van der Waals surface area contributed by atoms with Crippen LogP contribution in [0, 0.1) is 0 Å². The summed E-state index contributed by atoms with van der Waals surface area (Å²) in [4.78, 5) is 11.9. The molecule has 3 N–H and O–H groups in total. The Labute approximate surface area is 125 Å². The normalized spacial score (nSPS) is 28.9. The molecule has 5 heteroatoms. The zero-order valence-corrected chi connectivity index (χ0v) is 12.6. The van der Waals surface area contributed by atoms with E-state index in [1.165, 1.54) is 0 Å². The molecule has 0 radical (unpaired) electrons. The van der Waals surface area contributed by atoms with Crippen molar-refractivity contribution in [2.24, 2.45) is 0 Å². The summed E-state index contributed by atoms with van der Waals surface area (Å²) in [6.45, 7) is 2.10. The summed E-state index contributed by atoms with van der Waals surface area (Å²) in [5, 5.41) is 16.1. The molecule has 1 saturated carbocycles. The van der Waals surface area contributed by atoms with Crippen LogP contribution < -0.4 is 10.6 Å². The van der Waals surface area contributed by atoms with Gasteiger partial charge in [-0.05, 0) is 38.8 Å². The van der Waals surface area contributed by atoms with Gasteiger partial charge in [-0.1, -0.05) is 30.3 Å². The van der Waals surface area contributed by atoms with E-state index in [4.69, 9.17) is 4.74 Å². The summed E-state index contributed by atoms with van der Waals surface area (Å²) < 4.78 is 5.24. The summed E-state index contributed by atoms with van der Waals surface area (Å²) >= 11 is 0. The molecule has 1 aliphatic carbocycles. The number of hydrogen-bond acceptors (Lipinski definition) is 4. The molecule has 5 nitrogen and oxygen atoms in total. The standard InChI is InChI=1S/C16H24N2O3/c1-16(20)9-8-13(14(10-16)17-2)18-15(19)21-11-12-6-4-3-5-7-12/h3-7,13-14,17,20H,8-11H2,1-2H3,(H,18,19)/t13-,14+,16?/m0/s1. The largest absolute Gasteiger partial charge is 0.445 e. The Morgan fingerprint density at radius 1 is 1.38 bits per heavy atom. The van der Waals surface area contributed by atoms with Gasteiger partial charge in [-0.2, -0.15) is 0 Å². The molecule has 1 aromatic carbocycles. The van der Waals surface area contributed by atoms with E-state index < -0.39 is 11.7 Å². The van der Waals surface area contributed by atoms with Crippen LogP contribution in [0.25, 0.3) is 0 Å². The van der Waals surface area contributed by atoms with Crippen molar-refractivity contribution < 1.29 is 14.6 Å². The van der Waals surface area contributed by atoms with Crippen molar-refractivity contribution in [1.29, 1.82) is 0 Å². The van der Waals surface area contributed by atoms with Crippen LogP contribution >= 0.6 is 0 Å². The average molecular weight is 292 g/mol. The van der Waals surface area contributed by atoms with Gasteiger partial charge in [0.1, 0.15) is 6.61 Å². The molecule has 1 aromatic rings. The Hall–Kier alpha value is -1.59. The van der Waals surface area contributed by atoms with E-state index in [1.54, 1.807) is 0 Å². The van der Waals surface area contributed by atoms with Gasteiger partial charge in [0.25, 0.3) is 0 Å². The van der Waals surface area contributed by atoms with Crippen molar-refractivity contribution in [2.45, 2.75) is 50.5 Å². The molecule has 0 spiro atoms. The highest BCUT2D eigenvalue weighted by Gasteiger charge is 2.36. The first kappa shape index (κ1) is 15.8. The number of carbonyl (C=O) groups excluding carboxylic acids is 1. The van der Waals surface area contributed by atoms with Crippen LogP contribution in [-0.2, 0) is 11.3 Å². The Kier molecular flexibility index (Phi) is 5.20. The van der Waals surface area contributed by atoms with Gasteiger partial charge in [-0.25, -0.2) is 4.79 Å². The molecular weight excluding hydrogens is 268 g/mol. The van der Waals surface area contributed by atoms with E-state index in [2.05, 4.69) is 10.6 Å². The predicted molar refractivity (Wildman–Crippen MR) is 80.9 cm³/mol. The minimum atomic E-state index is -0.667. The van der Waals surface area contributed by atoms with Gasteiger partial charge in [0.05, 0.1) is 5.60 Å². The number of nitrogens with one attached hydrogen (secondary N) is 2. The summed E-state index contributed by atoms with van der Waals surface area (Å²) in [7, 11) is 1.84. The molecule has 1 unspecified atom stereocenters. The molecule has 0 aromatic heterocycles. The molecule has 0 heterocycles. The molecule has 1 fully saturated rings. The van der Waals surface area contributed by atoms with Crippen molar-refractivity contribution in [3.05, 3.63) is 35.9 Å². The molecule has 0 saturated heterocycles. The van der Waals surface area contributed by atoms with Gasteiger partial charge in [0.2, 0.25) is 0 Å². The third-order valence-electron chi connectivity index (χ3n) is 4.03. The van der Waals surface area contributed by atoms with Gasteiger partial charge in [-0.15, -0.1) is 0 Å². The Balaban J connectivity index is 1.82. The van der Waals surface area contributed by atoms with Crippen LogP contribution in [0.4, 0.5) is 4.79 Å². The first-order valence-corrected chi connectivity index (χ1v) is 7.37. The zero-order chi connectivity index (χ0) is 15.3. The maximum absolute atomic E-state index is 11.9. The fourth-order valence-electron chi connectivity index (χ4n) is 2.78. The Bertz CT molecular complexity index is 462. The van der Waals surface area contributed by atoms with Gasteiger partial charge in [0.15, 0.2) is 0 Å². The molecule has 0 bridgehead atoms. The lowest BCUT2D eigenvalue weighted by molar-refractivity contribution is 0.000560. The molecule has 116 valence electrons. The number of hydrogen-bond donors (Lipinski definition) is 3. The predicted octanol–water partition coefficient (Wildman–Crippen LogP) is 1.80. The molecule has 0 aliphatic heterocycles. The number of ether oxygens (including phenoxy) is 1. The van der Waals surface area contributed by atoms with Gasteiger partial charge in [-0.3, -0.25) is 0 Å². The van der Waals surface area contributed by atoms with E-state index in [0.29, 0.717) is 12.8 Å². The lowest BCUT2D eigenvalue weighted by Gasteiger charge is -2.39. The monoisotopic (exact) mass is 292 g/mol. The first-order chi connectivity index (χ1) is 10.00. The lowest BCUT2D eigenvalue weighted by Crippen LogP contribution is -2.55. The third kappa shape index (κ3) is 4.72. The first-order valence-electron chi connectivity index (χ1n) is 7.37. The number of carbonyl (C=O) groups is 1. The second kappa shape index (κ2) is 6.91. The summed E-state index contributed by atoms with van der Waals surface area (Å²) in [5.41, 5.74) is 0.296. The summed E-state index contributed by atoms with van der Waals surface area (Å²) in [6.07, 6.45) is 1.62. The molecule has 1 amide bonds. The maximum Gasteiger partial charge on any atom is 0.407 e. The van der Waals surface area contributed by atoms with Crippen LogP contribution in [0.2, 0.25) is 0 Å². The summed E-state index contributed by atoms with van der Waals surface area (Å²) in [6, 6.07) is 9.63. The maximum atomic E-state index is 11.9. The average Bonchev–Trinajstić information content (AvgIpc) is 2.48. The quantitative estimate of drug-likeness (QED) is 0.791. The van der Waals surface area contributed by atoms with Gasteiger partial charge in [0, 0.05) is 12.1 Å². The van der Waals surface area contributed by atoms with E-state index in [1.807, 2.05) is 44.3 Å². The van der Waals surface area contributed by atoms with E-state index in [0.717, 1.165) is 12.0 Å². The van der Waals surface area contributed by atoms with Crippen molar-refractivity contribution in [3.63, 3.8) is 0 Å². The van der Waals surface area contributed by atoms with Crippen molar-refractivity contribution in [2.75, 3.05) is 7.05 Å². The number of alkyl carbamates (subject to hydrolysis) is 1. The number of aliphatic hydroxyl groups is 1. The second-order valence-corrected chi connectivity index (χ2v) is 5.95. The molecule has 21 heavy (non-hydrogen) atoms.